The molecule has 0 radical (unpaired) electrons. The largest absolute Gasteiger partial charge is 0.313 e. The van der Waals surface area contributed by atoms with Crippen LogP contribution in [-0.2, 0) is 0 Å². The van der Waals surface area contributed by atoms with Crippen molar-refractivity contribution in [1.82, 2.24) is 5.32 Å². The fourth-order valence-corrected chi connectivity index (χ4v) is 2.00. The molecule has 1 N–H and O–H groups in total. The van der Waals surface area contributed by atoms with Gasteiger partial charge in [0.15, 0.2) is 0 Å². The summed E-state index contributed by atoms with van der Waals surface area (Å²) in [6.07, 6.45) is 2.76. The minimum atomic E-state index is 0.234. The van der Waals surface area contributed by atoms with Crippen molar-refractivity contribution < 1.29 is 0 Å². The van der Waals surface area contributed by atoms with Crippen molar-refractivity contribution in [2.45, 2.75) is 12.5 Å². The lowest BCUT2D eigenvalue weighted by molar-refractivity contribution is 0.603. The number of nitrogens with one attached hydrogen (secondary N) is 1. The van der Waals surface area contributed by atoms with Gasteiger partial charge in [-0.3, -0.25) is 0 Å². The van der Waals surface area contributed by atoms with E-state index in [-0.39, 0.29) is 6.04 Å². The van der Waals surface area contributed by atoms with Gasteiger partial charge < -0.3 is 5.32 Å². The summed E-state index contributed by atoms with van der Waals surface area (Å²) in [7, 11) is 1.92. The van der Waals surface area contributed by atoms with Crippen molar-refractivity contribution in [3.63, 3.8) is 0 Å². The molecule has 0 spiro atoms. The van der Waals surface area contributed by atoms with Gasteiger partial charge in [0.2, 0.25) is 0 Å². The zero-order valence-corrected chi connectivity index (χ0v) is 10.4. The first-order valence-corrected chi connectivity index (χ1v) is 5.60. The van der Waals surface area contributed by atoms with Gasteiger partial charge in [-0.25, -0.2) is 0 Å². The van der Waals surface area contributed by atoms with Gasteiger partial charge in [-0.05, 0) is 41.0 Å². The highest BCUT2D eigenvalue weighted by molar-refractivity contribution is 9.10. The molecule has 76 valence electrons. The molecule has 0 saturated heterocycles. The van der Waals surface area contributed by atoms with Crippen LogP contribution in [0.25, 0.3) is 0 Å². The van der Waals surface area contributed by atoms with Crippen LogP contribution in [0.2, 0.25) is 5.02 Å². The Morgan fingerprint density at radius 1 is 1.64 bits per heavy atom. The van der Waals surface area contributed by atoms with Crippen LogP contribution in [0, 0.1) is 0 Å². The molecule has 3 heteroatoms. The Balaban J connectivity index is 3.03. The maximum atomic E-state index is 6.18. The monoisotopic (exact) mass is 273 g/mol. The van der Waals surface area contributed by atoms with Gasteiger partial charge in [0.25, 0.3) is 0 Å². The molecule has 0 amide bonds. The molecule has 1 aromatic rings. The van der Waals surface area contributed by atoms with Gasteiger partial charge in [-0.15, -0.1) is 6.58 Å². The molecule has 1 atom stereocenters. The topological polar surface area (TPSA) is 12.0 Å². The molecule has 0 saturated carbocycles. The third-order valence-electron chi connectivity index (χ3n) is 2.11. The third-order valence-corrected chi connectivity index (χ3v) is 3.42. The SMILES string of the molecule is C=CCC(NC)c1cccc(Br)c1Cl. The average Bonchev–Trinajstić information content (AvgIpc) is 2.19. The molecule has 0 fully saturated rings. The summed E-state index contributed by atoms with van der Waals surface area (Å²) in [6.45, 7) is 3.73. The molecule has 1 unspecified atom stereocenters. The molecular formula is C11H13BrClN. The van der Waals surface area contributed by atoms with Crippen LogP contribution in [0.4, 0.5) is 0 Å². The van der Waals surface area contributed by atoms with Crippen molar-refractivity contribution in [2.75, 3.05) is 7.05 Å². The van der Waals surface area contributed by atoms with Crippen LogP contribution in [-0.4, -0.2) is 7.05 Å². The van der Waals surface area contributed by atoms with Gasteiger partial charge in [-0.1, -0.05) is 29.8 Å². The second-order valence-corrected chi connectivity index (χ2v) is 4.24. The van der Waals surface area contributed by atoms with E-state index < -0.39 is 0 Å². The summed E-state index contributed by atoms with van der Waals surface area (Å²) in [6, 6.07) is 6.18. The Hall–Kier alpha value is -0.310. The number of benzene rings is 1. The molecule has 0 bridgehead atoms. The molecule has 0 aliphatic carbocycles. The van der Waals surface area contributed by atoms with Crippen LogP contribution in [0.5, 0.6) is 0 Å². The molecule has 0 aliphatic heterocycles. The van der Waals surface area contributed by atoms with Gasteiger partial charge in [0.05, 0.1) is 5.02 Å². The lowest BCUT2D eigenvalue weighted by Crippen LogP contribution is -2.15. The molecule has 1 rings (SSSR count). The number of rotatable bonds is 4. The maximum absolute atomic E-state index is 6.18. The summed E-state index contributed by atoms with van der Waals surface area (Å²) in [5.41, 5.74) is 1.10. The number of hydrogen-bond donors (Lipinski definition) is 1. The van der Waals surface area contributed by atoms with E-state index in [2.05, 4.69) is 27.8 Å². The summed E-state index contributed by atoms with van der Waals surface area (Å²) in [5.74, 6) is 0. The summed E-state index contributed by atoms with van der Waals surface area (Å²) < 4.78 is 0.931. The third kappa shape index (κ3) is 2.59. The highest BCUT2D eigenvalue weighted by Crippen LogP contribution is 2.31. The minimum Gasteiger partial charge on any atom is -0.313 e. The zero-order chi connectivity index (χ0) is 10.6. The van der Waals surface area contributed by atoms with E-state index in [4.69, 9.17) is 11.6 Å². The summed E-state index contributed by atoms with van der Waals surface area (Å²) in [4.78, 5) is 0. The van der Waals surface area contributed by atoms with Crippen molar-refractivity contribution in [1.29, 1.82) is 0 Å². The van der Waals surface area contributed by atoms with Crippen molar-refractivity contribution in [3.8, 4) is 0 Å². The van der Waals surface area contributed by atoms with E-state index in [1.165, 1.54) is 0 Å². The standard InChI is InChI=1S/C11H13BrClN/c1-3-5-10(14-2)8-6-4-7-9(12)11(8)13/h3-4,6-7,10,14H,1,5H2,2H3. The molecular weight excluding hydrogens is 261 g/mol. The van der Waals surface area contributed by atoms with E-state index in [0.717, 1.165) is 21.5 Å². The van der Waals surface area contributed by atoms with Crippen LogP contribution in [0.1, 0.15) is 18.0 Å². The molecule has 1 aromatic carbocycles. The van der Waals surface area contributed by atoms with Gasteiger partial charge in [-0.2, -0.15) is 0 Å². The quantitative estimate of drug-likeness (QED) is 0.820. The average molecular weight is 275 g/mol. The lowest BCUT2D eigenvalue weighted by atomic mass is 10.0. The number of halogens is 2. The predicted octanol–water partition coefficient (Wildman–Crippen LogP) is 3.94. The first kappa shape index (κ1) is 11.8. The van der Waals surface area contributed by atoms with Crippen molar-refractivity contribution in [2.24, 2.45) is 0 Å². The summed E-state index contributed by atoms with van der Waals surface area (Å²) in [5, 5.41) is 3.98. The van der Waals surface area contributed by atoms with Crippen molar-refractivity contribution in [3.05, 3.63) is 45.9 Å². The van der Waals surface area contributed by atoms with E-state index in [1.54, 1.807) is 0 Å². The first-order chi connectivity index (χ1) is 6.70. The van der Waals surface area contributed by atoms with E-state index in [1.807, 2.05) is 31.3 Å². The fraction of sp³-hybridized carbons (Fsp3) is 0.273. The molecule has 0 aliphatic rings. The first-order valence-electron chi connectivity index (χ1n) is 4.42. The normalized spacial score (nSPS) is 12.5. The lowest BCUT2D eigenvalue weighted by Gasteiger charge is -2.16. The van der Waals surface area contributed by atoms with Crippen LogP contribution < -0.4 is 5.32 Å². The highest BCUT2D eigenvalue weighted by Gasteiger charge is 2.12. The number of hydrogen-bond acceptors (Lipinski definition) is 1. The van der Waals surface area contributed by atoms with Crippen LogP contribution >= 0.6 is 27.5 Å². The molecule has 1 nitrogen and oxygen atoms in total. The predicted molar refractivity (Wildman–Crippen MR) is 65.8 cm³/mol. The van der Waals surface area contributed by atoms with Gasteiger partial charge in [0.1, 0.15) is 0 Å². The Labute approximate surface area is 98.3 Å². The molecule has 0 aromatic heterocycles. The zero-order valence-electron chi connectivity index (χ0n) is 8.06. The molecule has 14 heavy (non-hydrogen) atoms. The summed E-state index contributed by atoms with van der Waals surface area (Å²) >= 11 is 9.59. The van der Waals surface area contributed by atoms with Crippen molar-refractivity contribution >= 4 is 27.5 Å². The maximum Gasteiger partial charge on any atom is 0.0595 e. The van der Waals surface area contributed by atoms with Crippen LogP contribution in [0.3, 0.4) is 0 Å². The van der Waals surface area contributed by atoms with E-state index >= 15 is 0 Å². The molecule has 0 heterocycles. The Morgan fingerprint density at radius 2 is 2.36 bits per heavy atom. The fourth-order valence-electron chi connectivity index (χ4n) is 1.36. The van der Waals surface area contributed by atoms with Gasteiger partial charge >= 0.3 is 0 Å². The van der Waals surface area contributed by atoms with Gasteiger partial charge in [0, 0.05) is 10.5 Å². The Bertz CT molecular complexity index is 325. The second-order valence-electron chi connectivity index (χ2n) is 3.01. The van der Waals surface area contributed by atoms with E-state index in [9.17, 15) is 0 Å². The Kier molecular flexibility index (Phi) is 4.66. The Morgan fingerprint density at radius 3 is 2.93 bits per heavy atom. The minimum absolute atomic E-state index is 0.234. The second kappa shape index (κ2) is 5.54. The smallest absolute Gasteiger partial charge is 0.0595 e. The highest BCUT2D eigenvalue weighted by atomic mass is 79.9. The van der Waals surface area contributed by atoms with E-state index in [0.29, 0.717) is 0 Å². The van der Waals surface area contributed by atoms with Crippen LogP contribution in [0.15, 0.2) is 35.3 Å².